The molecule has 0 radical (unpaired) electrons. The molecule has 4 heteroatoms. The lowest BCUT2D eigenvalue weighted by Crippen LogP contribution is -2.17. The third-order valence-electron chi connectivity index (χ3n) is 2.61. The van der Waals surface area contributed by atoms with Crippen molar-refractivity contribution in [2.45, 2.75) is 19.5 Å². The summed E-state index contributed by atoms with van der Waals surface area (Å²) in [5.74, 6) is 0.332. The summed E-state index contributed by atoms with van der Waals surface area (Å²) in [7, 11) is 0. The lowest BCUT2D eigenvalue weighted by Gasteiger charge is -2.13. The fourth-order valence-electron chi connectivity index (χ4n) is 1.60. The molecule has 0 aliphatic heterocycles. The van der Waals surface area contributed by atoms with E-state index < -0.39 is 0 Å². The second kappa shape index (κ2) is 5.67. The van der Waals surface area contributed by atoms with Crippen LogP contribution >= 0.6 is 27.3 Å². The first-order valence-electron chi connectivity index (χ1n) is 5.41. The van der Waals surface area contributed by atoms with Crippen molar-refractivity contribution in [1.29, 1.82) is 0 Å². The van der Waals surface area contributed by atoms with Crippen LogP contribution in [0.2, 0.25) is 0 Å². The van der Waals surface area contributed by atoms with Crippen molar-refractivity contribution in [3.05, 3.63) is 50.6 Å². The number of benzene rings is 1. The zero-order valence-electron chi connectivity index (χ0n) is 9.48. The van der Waals surface area contributed by atoms with Crippen LogP contribution in [-0.4, -0.2) is 5.11 Å². The van der Waals surface area contributed by atoms with E-state index in [0.29, 0.717) is 18.3 Å². The maximum Gasteiger partial charge on any atom is 0.120 e. The van der Waals surface area contributed by atoms with Gasteiger partial charge in [-0.25, -0.2) is 0 Å². The molecule has 1 aromatic heterocycles. The van der Waals surface area contributed by atoms with Crippen molar-refractivity contribution in [3.8, 4) is 5.75 Å². The number of hydrogen-bond donors (Lipinski definition) is 2. The molecule has 17 heavy (non-hydrogen) atoms. The highest BCUT2D eigenvalue weighted by Gasteiger charge is 2.07. The monoisotopic (exact) mass is 311 g/mol. The van der Waals surface area contributed by atoms with Crippen LogP contribution in [0.5, 0.6) is 5.75 Å². The smallest absolute Gasteiger partial charge is 0.120 e. The van der Waals surface area contributed by atoms with Gasteiger partial charge in [0.25, 0.3) is 0 Å². The maximum atomic E-state index is 9.72. The Morgan fingerprint density at radius 2 is 2.24 bits per heavy atom. The molecule has 2 rings (SSSR count). The number of rotatable bonds is 4. The van der Waals surface area contributed by atoms with E-state index in [9.17, 15) is 5.11 Å². The largest absolute Gasteiger partial charge is 0.508 e. The molecule has 2 nitrogen and oxygen atoms in total. The summed E-state index contributed by atoms with van der Waals surface area (Å²) < 4.78 is 0.982. The normalized spacial score (nSPS) is 12.6. The van der Waals surface area contributed by atoms with Crippen LogP contribution in [0.25, 0.3) is 0 Å². The standard InChI is InChI=1S/C13H14BrNOS/c1-9(13-3-2-6-17-13)15-8-10-7-11(14)4-5-12(10)16/h2-7,9,15-16H,8H2,1H3/t9-/m0/s1. The topological polar surface area (TPSA) is 32.3 Å². The summed E-state index contributed by atoms with van der Waals surface area (Å²) in [6, 6.07) is 9.94. The Morgan fingerprint density at radius 3 is 2.94 bits per heavy atom. The summed E-state index contributed by atoms with van der Waals surface area (Å²) in [5.41, 5.74) is 0.905. The number of phenols is 1. The Bertz CT molecular complexity index is 484. The van der Waals surface area contributed by atoms with Gasteiger partial charge >= 0.3 is 0 Å². The molecule has 1 heterocycles. The van der Waals surface area contributed by atoms with Gasteiger partial charge in [-0.05, 0) is 36.6 Å². The molecule has 2 N–H and O–H groups in total. The van der Waals surface area contributed by atoms with Crippen LogP contribution in [-0.2, 0) is 6.54 Å². The molecule has 0 spiro atoms. The van der Waals surface area contributed by atoms with Gasteiger partial charge < -0.3 is 10.4 Å². The quantitative estimate of drug-likeness (QED) is 0.892. The van der Waals surface area contributed by atoms with Gasteiger partial charge in [0.15, 0.2) is 0 Å². The molecule has 0 saturated heterocycles. The molecular weight excluding hydrogens is 298 g/mol. The predicted octanol–water partition coefficient (Wildman–Crippen LogP) is 4.07. The zero-order valence-corrected chi connectivity index (χ0v) is 11.9. The summed E-state index contributed by atoms with van der Waals surface area (Å²) in [5, 5.41) is 15.2. The highest BCUT2D eigenvalue weighted by Crippen LogP contribution is 2.23. The fraction of sp³-hybridized carbons (Fsp3) is 0.231. The van der Waals surface area contributed by atoms with Gasteiger partial charge in [-0.2, -0.15) is 0 Å². The minimum absolute atomic E-state index is 0.299. The molecule has 0 unspecified atom stereocenters. The lowest BCUT2D eigenvalue weighted by atomic mass is 10.2. The lowest BCUT2D eigenvalue weighted by molar-refractivity contribution is 0.460. The van der Waals surface area contributed by atoms with E-state index in [1.165, 1.54) is 4.88 Å². The van der Waals surface area contributed by atoms with Gasteiger partial charge in [0.1, 0.15) is 5.75 Å². The second-order valence-corrected chi connectivity index (χ2v) is 5.79. The molecule has 1 atom stereocenters. The Labute approximate surface area is 113 Å². The van der Waals surface area contributed by atoms with Crippen molar-refractivity contribution in [2.75, 3.05) is 0 Å². The third kappa shape index (κ3) is 3.31. The molecule has 0 fully saturated rings. The molecule has 0 bridgehead atoms. The molecule has 0 aliphatic rings. The van der Waals surface area contributed by atoms with Crippen molar-refractivity contribution in [3.63, 3.8) is 0 Å². The number of halogens is 1. The van der Waals surface area contributed by atoms with Gasteiger partial charge in [0, 0.05) is 27.5 Å². The first kappa shape index (κ1) is 12.6. The molecule has 0 amide bonds. The highest BCUT2D eigenvalue weighted by molar-refractivity contribution is 9.10. The Hall–Kier alpha value is -0.840. The van der Waals surface area contributed by atoms with E-state index in [2.05, 4.69) is 45.7 Å². The third-order valence-corrected chi connectivity index (χ3v) is 4.16. The van der Waals surface area contributed by atoms with E-state index in [1.54, 1.807) is 17.4 Å². The number of phenolic OH excluding ortho intramolecular Hbond substituents is 1. The molecule has 1 aromatic carbocycles. The van der Waals surface area contributed by atoms with Crippen LogP contribution in [0.15, 0.2) is 40.2 Å². The Balaban J connectivity index is 2.00. The highest BCUT2D eigenvalue weighted by atomic mass is 79.9. The number of hydrogen-bond acceptors (Lipinski definition) is 3. The van der Waals surface area contributed by atoms with E-state index in [-0.39, 0.29) is 0 Å². The summed E-state index contributed by atoms with van der Waals surface area (Å²) in [6.07, 6.45) is 0. The minimum Gasteiger partial charge on any atom is -0.508 e. The first-order valence-corrected chi connectivity index (χ1v) is 7.08. The van der Waals surface area contributed by atoms with Gasteiger partial charge in [-0.3, -0.25) is 0 Å². The number of thiophene rings is 1. The van der Waals surface area contributed by atoms with Crippen LogP contribution < -0.4 is 5.32 Å². The Morgan fingerprint density at radius 1 is 1.41 bits per heavy atom. The van der Waals surface area contributed by atoms with Gasteiger partial charge in [-0.1, -0.05) is 22.0 Å². The molecular formula is C13H14BrNOS. The molecule has 90 valence electrons. The summed E-state index contributed by atoms with van der Waals surface area (Å²) in [4.78, 5) is 1.31. The molecule has 0 saturated carbocycles. The van der Waals surface area contributed by atoms with Gasteiger partial charge in [0.05, 0.1) is 0 Å². The van der Waals surface area contributed by atoms with E-state index in [0.717, 1.165) is 10.0 Å². The molecule has 2 aromatic rings. The average Bonchev–Trinajstić information content (AvgIpc) is 2.83. The van der Waals surface area contributed by atoms with E-state index in [1.807, 2.05) is 12.1 Å². The number of nitrogens with one attached hydrogen (secondary N) is 1. The molecule has 0 aliphatic carbocycles. The predicted molar refractivity (Wildman–Crippen MR) is 75.4 cm³/mol. The van der Waals surface area contributed by atoms with E-state index >= 15 is 0 Å². The average molecular weight is 312 g/mol. The fourth-order valence-corrected chi connectivity index (χ4v) is 2.76. The van der Waals surface area contributed by atoms with Crippen molar-refractivity contribution in [1.82, 2.24) is 5.32 Å². The summed E-state index contributed by atoms with van der Waals surface area (Å²) >= 11 is 5.14. The SMILES string of the molecule is C[C@H](NCc1cc(Br)ccc1O)c1cccs1. The minimum atomic E-state index is 0.299. The maximum absolute atomic E-state index is 9.72. The number of aromatic hydroxyl groups is 1. The van der Waals surface area contributed by atoms with Crippen molar-refractivity contribution < 1.29 is 5.11 Å². The van der Waals surface area contributed by atoms with Crippen LogP contribution in [0, 0.1) is 0 Å². The Kier molecular flexibility index (Phi) is 4.20. The van der Waals surface area contributed by atoms with Crippen LogP contribution in [0.4, 0.5) is 0 Å². The first-order chi connectivity index (χ1) is 8.16. The van der Waals surface area contributed by atoms with Crippen molar-refractivity contribution >= 4 is 27.3 Å². The summed E-state index contributed by atoms with van der Waals surface area (Å²) in [6.45, 7) is 2.78. The van der Waals surface area contributed by atoms with Crippen LogP contribution in [0.3, 0.4) is 0 Å². The van der Waals surface area contributed by atoms with Crippen molar-refractivity contribution in [2.24, 2.45) is 0 Å². The second-order valence-electron chi connectivity index (χ2n) is 3.89. The zero-order chi connectivity index (χ0) is 12.3. The van der Waals surface area contributed by atoms with Crippen LogP contribution in [0.1, 0.15) is 23.4 Å². The van der Waals surface area contributed by atoms with Gasteiger partial charge in [0.2, 0.25) is 0 Å². The van der Waals surface area contributed by atoms with Gasteiger partial charge in [-0.15, -0.1) is 11.3 Å². The van der Waals surface area contributed by atoms with E-state index in [4.69, 9.17) is 0 Å².